The average Bonchev–Trinajstić information content (AvgIpc) is 3.00. The van der Waals surface area contributed by atoms with Crippen molar-refractivity contribution in [2.24, 2.45) is 0 Å². The standard InChI is InChI=1S/C15H11FN2S/c16-9-5-6-14-13(7-9)18-15(19-14)11-8-17-12-4-2-1-3-10(11)12/h1-7,11,17H,8H2. The highest BCUT2D eigenvalue weighted by molar-refractivity contribution is 7.18. The first-order valence-electron chi connectivity index (χ1n) is 6.20. The van der Waals surface area contributed by atoms with Gasteiger partial charge in [0.1, 0.15) is 10.8 Å². The molecule has 2 aromatic carbocycles. The van der Waals surface area contributed by atoms with Gasteiger partial charge in [-0.1, -0.05) is 18.2 Å². The van der Waals surface area contributed by atoms with Crippen LogP contribution in [-0.4, -0.2) is 11.5 Å². The third kappa shape index (κ3) is 1.71. The van der Waals surface area contributed by atoms with E-state index < -0.39 is 0 Å². The van der Waals surface area contributed by atoms with Gasteiger partial charge in [0.15, 0.2) is 0 Å². The zero-order chi connectivity index (χ0) is 12.8. The number of nitrogens with one attached hydrogen (secondary N) is 1. The van der Waals surface area contributed by atoms with E-state index in [0.29, 0.717) is 0 Å². The Bertz CT molecular complexity index is 766. The summed E-state index contributed by atoms with van der Waals surface area (Å²) in [6.45, 7) is 0.863. The van der Waals surface area contributed by atoms with E-state index in [1.807, 2.05) is 12.1 Å². The summed E-state index contributed by atoms with van der Waals surface area (Å²) in [6.07, 6.45) is 0. The van der Waals surface area contributed by atoms with Crippen molar-refractivity contribution in [2.75, 3.05) is 11.9 Å². The third-order valence-corrected chi connectivity index (χ3v) is 4.65. The van der Waals surface area contributed by atoms with Crippen molar-refractivity contribution in [3.63, 3.8) is 0 Å². The fourth-order valence-corrected chi connectivity index (χ4v) is 3.64. The van der Waals surface area contributed by atoms with E-state index in [2.05, 4.69) is 22.4 Å². The maximum atomic E-state index is 13.2. The molecule has 4 rings (SSSR count). The monoisotopic (exact) mass is 270 g/mol. The molecule has 0 saturated heterocycles. The van der Waals surface area contributed by atoms with Crippen LogP contribution in [0, 0.1) is 5.82 Å². The third-order valence-electron chi connectivity index (χ3n) is 3.50. The van der Waals surface area contributed by atoms with E-state index in [1.54, 1.807) is 17.4 Å². The molecule has 0 aliphatic carbocycles. The van der Waals surface area contributed by atoms with Gasteiger partial charge in [-0.2, -0.15) is 0 Å². The Balaban J connectivity index is 1.83. The Kier molecular flexibility index (Phi) is 2.32. The van der Waals surface area contributed by atoms with Crippen molar-refractivity contribution in [2.45, 2.75) is 5.92 Å². The number of anilines is 1. The van der Waals surface area contributed by atoms with Gasteiger partial charge in [-0.05, 0) is 23.8 Å². The average molecular weight is 270 g/mol. The molecule has 1 aliphatic heterocycles. The van der Waals surface area contributed by atoms with E-state index in [1.165, 1.54) is 23.4 Å². The fourth-order valence-electron chi connectivity index (χ4n) is 2.57. The molecule has 0 radical (unpaired) electrons. The van der Waals surface area contributed by atoms with Crippen molar-refractivity contribution in [1.82, 2.24) is 4.98 Å². The summed E-state index contributed by atoms with van der Waals surface area (Å²) in [6, 6.07) is 13.1. The minimum absolute atomic E-state index is 0.228. The maximum Gasteiger partial charge on any atom is 0.125 e. The van der Waals surface area contributed by atoms with Gasteiger partial charge in [0, 0.05) is 18.3 Å². The van der Waals surface area contributed by atoms with E-state index >= 15 is 0 Å². The van der Waals surface area contributed by atoms with Crippen LogP contribution in [0.3, 0.4) is 0 Å². The summed E-state index contributed by atoms with van der Waals surface area (Å²) < 4.78 is 14.3. The number of para-hydroxylation sites is 1. The molecule has 0 saturated carbocycles. The Hall–Kier alpha value is -1.94. The van der Waals surface area contributed by atoms with Gasteiger partial charge in [0.25, 0.3) is 0 Å². The van der Waals surface area contributed by atoms with Gasteiger partial charge < -0.3 is 5.32 Å². The summed E-state index contributed by atoms with van der Waals surface area (Å²) in [5, 5.41) is 4.45. The molecule has 1 N–H and O–H groups in total. The molecule has 1 aliphatic rings. The van der Waals surface area contributed by atoms with Gasteiger partial charge >= 0.3 is 0 Å². The minimum atomic E-state index is -0.228. The quantitative estimate of drug-likeness (QED) is 0.723. The van der Waals surface area contributed by atoms with Crippen LogP contribution in [0.1, 0.15) is 16.5 Å². The minimum Gasteiger partial charge on any atom is -0.384 e. The van der Waals surface area contributed by atoms with Gasteiger partial charge in [-0.15, -0.1) is 11.3 Å². The Morgan fingerprint density at radius 2 is 2.11 bits per heavy atom. The Morgan fingerprint density at radius 1 is 1.21 bits per heavy atom. The topological polar surface area (TPSA) is 24.9 Å². The van der Waals surface area contributed by atoms with E-state index in [0.717, 1.165) is 21.8 Å². The van der Waals surface area contributed by atoms with Crippen LogP contribution in [0.15, 0.2) is 42.5 Å². The zero-order valence-electron chi connectivity index (χ0n) is 10.1. The smallest absolute Gasteiger partial charge is 0.125 e. The summed E-state index contributed by atoms with van der Waals surface area (Å²) >= 11 is 1.65. The molecule has 0 fully saturated rings. The molecule has 3 aromatic rings. The molecule has 0 bridgehead atoms. The normalized spacial score (nSPS) is 17.4. The fraction of sp³-hybridized carbons (Fsp3) is 0.133. The first kappa shape index (κ1) is 10.9. The number of rotatable bonds is 1. The van der Waals surface area contributed by atoms with Gasteiger partial charge in [-0.3, -0.25) is 0 Å². The predicted octanol–water partition coefficient (Wildman–Crippen LogP) is 3.99. The molecule has 2 heterocycles. The summed E-state index contributed by atoms with van der Waals surface area (Å²) in [4.78, 5) is 4.59. The lowest BCUT2D eigenvalue weighted by Crippen LogP contribution is -2.02. The van der Waals surface area contributed by atoms with Crippen LogP contribution in [0.25, 0.3) is 10.2 Å². The van der Waals surface area contributed by atoms with Crippen molar-refractivity contribution < 1.29 is 4.39 Å². The Morgan fingerprint density at radius 3 is 3.05 bits per heavy atom. The number of hydrogen-bond donors (Lipinski definition) is 1. The lowest BCUT2D eigenvalue weighted by Gasteiger charge is -2.05. The lowest BCUT2D eigenvalue weighted by atomic mass is 10.0. The van der Waals surface area contributed by atoms with E-state index in [4.69, 9.17) is 0 Å². The molecule has 2 nitrogen and oxygen atoms in total. The highest BCUT2D eigenvalue weighted by Crippen LogP contribution is 2.38. The van der Waals surface area contributed by atoms with E-state index in [9.17, 15) is 4.39 Å². The second kappa shape index (κ2) is 4.03. The number of aromatic nitrogens is 1. The molecule has 4 heteroatoms. The van der Waals surface area contributed by atoms with Crippen molar-refractivity contribution in [3.05, 3.63) is 58.9 Å². The molecule has 1 unspecified atom stereocenters. The van der Waals surface area contributed by atoms with Crippen LogP contribution in [0.5, 0.6) is 0 Å². The number of thiazole rings is 1. The number of nitrogens with zero attached hydrogens (tertiary/aromatic N) is 1. The van der Waals surface area contributed by atoms with Crippen LogP contribution in [-0.2, 0) is 0 Å². The molecular weight excluding hydrogens is 259 g/mol. The SMILES string of the molecule is Fc1ccc2sc(C3CNc4ccccc43)nc2c1. The summed E-state index contributed by atoms with van der Waals surface area (Å²) in [5.74, 6) is 0.0472. The summed E-state index contributed by atoms with van der Waals surface area (Å²) in [7, 11) is 0. The number of fused-ring (bicyclic) bond motifs is 2. The maximum absolute atomic E-state index is 13.2. The molecule has 0 spiro atoms. The molecule has 1 atom stereocenters. The number of halogens is 1. The highest BCUT2D eigenvalue weighted by Gasteiger charge is 2.26. The molecule has 19 heavy (non-hydrogen) atoms. The number of benzene rings is 2. The van der Waals surface area contributed by atoms with Crippen LogP contribution < -0.4 is 5.32 Å². The second-order valence-electron chi connectivity index (χ2n) is 4.68. The van der Waals surface area contributed by atoms with Crippen LogP contribution >= 0.6 is 11.3 Å². The lowest BCUT2D eigenvalue weighted by molar-refractivity contribution is 0.629. The highest BCUT2D eigenvalue weighted by atomic mass is 32.1. The van der Waals surface area contributed by atoms with Crippen molar-refractivity contribution in [3.8, 4) is 0 Å². The molecule has 1 aromatic heterocycles. The molecule has 0 amide bonds. The predicted molar refractivity (Wildman–Crippen MR) is 76.4 cm³/mol. The van der Waals surface area contributed by atoms with Crippen molar-refractivity contribution in [1.29, 1.82) is 0 Å². The van der Waals surface area contributed by atoms with Gasteiger partial charge in [0.05, 0.1) is 16.1 Å². The first-order chi connectivity index (χ1) is 9.31. The van der Waals surface area contributed by atoms with Gasteiger partial charge in [-0.25, -0.2) is 9.37 Å². The molecular formula is C15H11FN2S. The summed E-state index contributed by atoms with van der Waals surface area (Å²) in [5.41, 5.74) is 3.21. The van der Waals surface area contributed by atoms with Crippen LogP contribution in [0.2, 0.25) is 0 Å². The first-order valence-corrected chi connectivity index (χ1v) is 7.02. The largest absolute Gasteiger partial charge is 0.384 e. The Labute approximate surface area is 113 Å². The number of hydrogen-bond acceptors (Lipinski definition) is 3. The van der Waals surface area contributed by atoms with Crippen molar-refractivity contribution >= 4 is 27.2 Å². The van der Waals surface area contributed by atoms with E-state index in [-0.39, 0.29) is 11.7 Å². The zero-order valence-corrected chi connectivity index (χ0v) is 10.9. The van der Waals surface area contributed by atoms with Crippen LogP contribution in [0.4, 0.5) is 10.1 Å². The second-order valence-corrected chi connectivity index (χ2v) is 5.75. The molecule has 94 valence electrons. The van der Waals surface area contributed by atoms with Gasteiger partial charge in [0.2, 0.25) is 0 Å².